The topological polar surface area (TPSA) is 52.9 Å². The number of nitrogens with zero attached hydrogens (tertiary/aromatic N) is 1. The normalized spacial score (nSPS) is 9.74. The van der Waals surface area contributed by atoms with Gasteiger partial charge < -0.3 is 5.32 Å². The molecule has 0 aliphatic rings. The SMILES string of the molecule is N#Cc1ccc(C(=O)Nc2ccc(Cl)cc2F)cc1. The van der Waals surface area contributed by atoms with Crippen molar-refractivity contribution < 1.29 is 9.18 Å². The molecule has 0 bridgehead atoms. The van der Waals surface area contributed by atoms with Crippen LogP contribution in [0.2, 0.25) is 5.02 Å². The summed E-state index contributed by atoms with van der Waals surface area (Å²) in [6.07, 6.45) is 0. The van der Waals surface area contributed by atoms with Crippen molar-refractivity contribution in [2.45, 2.75) is 0 Å². The molecular formula is C14H8ClFN2O. The fourth-order valence-corrected chi connectivity index (χ4v) is 1.64. The summed E-state index contributed by atoms with van der Waals surface area (Å²) >= 11 is 5.62. The zero-order valence-corrected chi connectivity index (χ0v) is 10.4. The van der Waals surface area contributed by atoms with Crippen LogP contribution in [0.4, 0.5) is 10.1 Å². The van der Waals surface area contributed by atoms with Crippen LogP contribution in [0.5, 0.6) is 0 Å². The van der Waals surface area contributed by atoms with E-state index in [4.69, 9.17) is 16.9 Å². The van der Waals surface area contributed by atoms with Crippen molar-refractivity contribution in [1.82, 2.24) is 0 Å². The molecule has 0 spiro atoms. The lowest BCUT2D eigenvalue weighted by atomic mass is 10.1. The van der Waals surface area contributed by atoms with Crippen molar-refractivity contribution >= 4 is 23.2 Å². The quantitative estimate of drug-likeness (QED) is 0.909. The van der Waals surface area contributed by atoms with Crippen LogP contribution in [0, 0.1) is 17.1 Å². The van der Waals surface area contributed by atoms with E-state index in [2.05, 4.69) is 5.32 Å². The van der Waals surface area contributed by atoms with E-state index in [0.717, 1.165) is 6.07 Å². The molecule has 5 heteroatoms. The molecule has 3 nitrogen and oxygen atoms in total. The molecule has 1 N–H and O–H groups in total. The molecule has 0 saturated heterocycles. The summed E-state index contributed by atoms with van der Waals surface area (Å²) in [5.41, 5.74) is 0.848. The number of nitriles is 1. The van der Waals surface area contributed by atoms with Gasteiger partial charge in [0, 0.05) is 10.6 Å². The number of halogens is 2. The molecule has 0 fully saturated rings. The standard InChI is InChI=1S/C14H8ClFN2O/c15-11-5-6-13(12(16)7-11)18-14(19)10-3-1-9(8-17)2-4-10/h1-7H,(H,18,19). The maximum absolute atomic E-state index is 13.5. The van der Waals surface area contributed by atoms with Crippen molar-refractivity contribution in [3.8, 4) is 6.07 Å². The molecule has 19 heavy (non-hydrogen) atoms. The number of carbonyl (C=O) groups excluding carboxylic acids is 1. The minimum Gasteiger partial charge on any atom is -0.319 e. The highest BCUT2D eigenvalue weighted by molar-refractivity contribution is 6.30. The second-order valence-corrected chi connectivity index (χ2v) is 4.20. The lowest BCUT2D eigenvalue weighted by Crippen LogP contribution is -2.12. The van der Waals surface area contributed by atoms with Crippen LogP contribution in [-0.4, -0.2) is 5.91 Å². The van der Waals surface area contributed by atoms with Crippen LogP contribution in [0.1, 0.15) is 15.9 Å². The smallest absolute Gasteiger partial charge is 0.255 e. The van der Waals surface area contributed by atoms with Gasteiger partial charge in [-0.25, -0.2) is 4.39 Å². The Bertz CT molecular complexity index is 662. The predicted molar refractivity (Wildman–Crippen MR) is 70.5 cm³/mol. The Hall–Kier alpha value is -2.38. The minimum absolute atomic E-state index is 0.0544. The number of rotatable bonds is 2. The van der Waals surface area contributed by atoms with E-state index in [-0.39, 0.29) is 10.7 Å². The largest absolute Gasteiger partial charge is 0.319 e. The summed E-state index contributed by atoms with van der Waals surface area (Å²) in [4.78, 5) is 11.9. The van der Waals surface area contributed by atoms with E-state index >= 15 is 0 Å². The average molecular weight is 275 g/mol. The third-order valence-corrected chi connectivity index (χ3v) is 2.69. The van der Waals surface area contributed by atoms with E-state index in [9.17, 15) is 9.18 Å². The third kappa shape index (κ3) is 3.09. The van der Waals surface area contributed by atoms with Gasteiger partial charge in [-0.15, -0.1) is 0 Å². The third-order valence-electron chi connectivity index (χ3n) is 2.46. The van der Waals surface area contributed by atoms with Gasteiger partial charge in [-0.1, -0.05) is 11.6 Å². The number of hydrogen-bond acceptors (Lipinski definition) is 2. The molecular weight excluding hydrogens is 267 g/mol. The number of anilines is 1. The summed E-state index contributed by atoms with van der Waals surface area (Å²) in [6, 6.07) is 12.0. The molecule has 1 amide bonds. The highest BCUT2D eigenvalue weighted by atomic mass is 35.5. The number of amides is 1. The molecule has 0 aliphatic heterocycles. The lowest BCUT2D eigenvalue weighted by Gasteiger charge is -2.06. The first-order chi connectivity index (χ1) is 9.10. The van der Waals surface area contributed by atoms with E-state index in [1.807, 2.05) is 6.07 Å². The van der Waals surface area contributed by atoms with Gasteiger partial charge >= 0.3 is 0 Å². The monoisotopic (exact) mass is 274 g/mol. The molecule has 2 rings (SSSR count). The Morgan fingerprint density at radius 1 is 1.21 bits per heavy atom. The Morgan fingerprint density at radius 2 is 1.89 bits per heavy atom. The second kappa shape index (κ2) is 5.51. The fourth-order valence-electron chi connectivity index (χ4n) is 1.48. The van der Waals surface area contributed by atoms with Gasteiger partial charge in [0.05, 0.1) is 17.3 Å². The van der Waals surface area contributed by atoms with Crippen molar-refractivity contribution in [1.29, 1.82) is 5.26 Å². The van der Waals surface area contributed by atoms with Gasteiger partial charge in [0.2, 0.25) is 0 Å². The minimum atomic E-state index is -0.602. The Morgan fingerprint density at radius 3 is 2.47 bits per heavy atom. The molecule has 0 heterocycles. The van der Waals surface area contributed by atoms with Gasteiger partial charge in [0.25, 0.3) is 5.91 Å². The fraction of sp³-hybridized carbons (Fsp3) is 0. The zero-order valence-electron chi connectivity index (χ0n) is 9.65. The molecule has 2 aromatic rings. The van der Waals surface area contributed by atoms with Crippen molar-refractivity contribution in [3.05, 3.63) is 64.4 Å². The van der Waals surface area contributed by atoms with E-state index in [1.165, 1.54) is 36.4 Å². The molecule has 0 aromatic heterocycles. The highest BCUT2D eigenvalue weighted by Crippen LogP contribution is 2.19. The zero-order chi connectivity index (χ0) is 13.8. The van der Waals surface area contributed by atoms with Gasteiger partial charge in [-0.3, -0.25) is 4.79 Å². The van der Waals surface area contributed by atoms with Crippen LogP contribution < -0.4 is 5.32 Å². The summed E-state index contributed by atoms with van der Waals surface area (Å²) in [7, 11) is 0. The summed E-state index contributed by atoms with van der Waals surface area (Å²) < 4.78 is 13.5. The molecule has 0 radical (unpaired) electrons. The highest BCUT2D eigenvalue weighted by Gasteiger charge is 2.09. The van der Waals surface area contributed by atoms with Crippen LogP contribution >= 0.6 is 11.6 Å². The number of benzene rings is 2. The molecule has 0 saturated carbocycles. The number of hydrogen-bond donors (Lipinski definition) is 1. The maximum atomic E-state index is 13.5. The van der Waals surface area contributed by atoms with Gasteiger partial charge in [-0.2, -0.15) is 5.26 Å². The van der Waals surface area contributed by atoms with Gasteiger partial charge in [0.1, 0.15) is 5.82 Å². The molecule has 0 unspecified atom stereocenters. The molecule has 94 valence electrons. The number of nitrogens with one attached hydrogen (secondary N) is 1. The van der Waals surface area contributed by atoms with E-state index in [1.54, 1.807) is 0 Å². The van der Waals surface area contributed by atoms with Gasteiger partial charge in [0.15, 0.2) is 0 Å². The Balaban J connectivity index is 2.18. The van der Waals surface area contributed by atoms with E-state index < -0.39 is 11.7 Å². The van der Waals surface area contributed by atoms with Crippen LogP contribution in [0.25, 0.3) is 0 Å². The van der Waals surface area contributed by atoms with Crippen molar-refractivity contribution in [2.75, 3.05) is 5.32 Å². The van der Waals surface area contributed by atoms with E-state index in [0.29, 0.717) is 11.1 Å². The molecule has 0 atom stereocenters. The predicted octanol–water partition coefficient (Wildman–Crippen LogP) is 3.60. The van der Waals surface area contributed by atoms with Crippen LogP contribution in [-0.2, 0) is 0 Å². The maximum Gasteiger partial charge on any atom is 0.255 e. The molecule has 0 aliphatic carbocycles. The Labute approximate surface area is 114 Å². The first kappa shape index (κ1) is 13.1. The van der Waals surface area contributed by atoms with Crippen LogP contribution in [0.15, 0.2) is 42.5 Å². The summed E-state index contributed by atoms with van der Waals surface area (Å²) in [6.45, 7) is 0. The second-order valence-electron chi connectivity index (χ2n) is 3.77. The van der Waals surface area contributed by atoms with Crippen molar-refractivity contribution in [2.24, 2.45) is 0 Å². The first-order valence-corrected chi connectivity index (χ1v) is 5.74. The first-order valence-electron chi connectivity index (χ1n) is 5.37. The lowest BCUT2D eigenvalue weighted by molar-refractivity contribution is 0.102. The van der Waals surface area contributed by atoms with Gasteiger partial charge in [-0.05, 0) is 42.5 Å². The Kier molecular flexibility index (Phi) is 3.79. The molecule has 2 aromatic carbocycles. The summed E-state index contributed by atoms with van der Waals surface area (Å²) in [5.74, 6) is -1.06. The van der Waals surface area contributed by atoms with Crippen molar-refractivity contribution in [3.63, 3.8) is 0 Å². The average Bonchev–Trinajstić information content (AvgIpc) is 2.42. The van der Waals surface area contributed by atoms with Crippen LogP contribution in [0.3, 0.4) is 0 Å². The number of carbonyl (C=O) groups is 1. The summed E-state index contributed by atoms with van der Waals surface area (Å²) in [5, 5.41) is 11.3.